The molecule has 2 heteroatoms. The van der Waals surface area contributed by atoms with Gasteiger partial charge in [0.15, 0.2) is 0 Å². The van der Waals surface area contributed by atoms with Crippen LogP contribution in [-0.4, -0.2) is 12.1 Å². The maximum Gasteiger partial charge on any atom is 0.0426 e. The maximum absolute atomic E-state index is 5.99. The maximum atomic E-state index is 5.99. The molecule has 1 saturated heterocycles. The van der Waals surface area contributed by atoms with E-state index in [0.29, 0.717) is 0 Å². The van der Waals surface area contributed by atoms with Gasteiger partial charge in [-0.3, -0.25) is 0 Å². The molecule has 0 saturated carbocycles. The Morgan fingerprint density at radius 1 is 1.36 bits per heavy atom. The molecule has 2 rings (SSSR count). The van der Waals surface area contributed by atoms with E-state index in [0.717, 1.165) is 11.6 Å². The highest BCUT2D eigenvalue weighted by Gasteiger charge is 2.31. The zero-order valence-corrected chi connectivity index (χ0v) is 9.51. The van der Waals surface area contributed by atoms with Crippen molar-refractivity contribution in [3.8, 4) is 0 Å². The van der Waals surface area contributed by atoms with Crippen molar-refractivity contribution in [2.24, 2.45) is 0 Å². The van der Waals surface area contributed by atoms with Crippen LogP contribution in [0.2, 0.25) is 5.02 Å². The molecule has 0 N–H and O–H groups in total. The number of halogens is 1. The minimum Gasteiger partial charge on any atom is -0.366 e. The fourth-order valence-corrected chi connectivity index (χ4v) is 2.41. The van der Waals surface area contributed by atoms with Crippen molar-refractivity contribution in [3.05, 3.63) is 29.3 Å². The summed E-state index contributed by atoms with van der Waals surface area (Å²) < 4.78 is 0. The number of anilines is 1. The first kappa shape index (κ1) is 9.85. The highest BCUT2D eigenvalue weighted by atomic mass is 35.5. The first-order valence-electron chi connectivity index (χ1n) is 5.13. The normalized spacial score (nSPS) is 20.1. The molecular weight excluding hydrogens is 194 g/mol. The molecule has 0 aromatic heterocycles. The summed E-state index contributed by atoms with van der Waals surface area (Å²) in [5, 5.41) is 0.824. The summed E-state index contributed by atoms with van der Waals surface area (Å²) in [5.41, 5.74) is 1.53. The predicted octanol–water partition coefficient (Wildman–Crippen LogP) is 3.72. The van der Waals surface area contributed by atoms with E-state index in [1.807, 2.05) is 12.1 Å². The Labute approximate surface area is 90.7 Å². The van der Waals surface area contributed by atoms with Crippen molar-refractivity contribution in [2.45, 2.75) is 32.2 Å². The SMILES string of the molecule is CC1(C)CCCN1c1cccc(Cl)c1. The largest absolute Gasteiger partial charge is 0.366 e. The van der Waals surface area contributed by atoms with Gasteiger partial charge in [-0.05, 0) is 44.9 Å². The van der Waals surface area contributed by atoms with Crippen LogP contribution in [0.5, 0.6) is 0 Å². The fraction of sp³-hybridized carbons (Fsp3) is 0.500. The van der Waals surface area contributed by atoms with Crippen molar-refractivity contribution >= 4 is 17.3 Å². The van der Waals surface area contributed by atoms with Crippen LogP contribution in [0.3, 0.4) is 0 Å². The summed E-state index contributed by atoms with van der Waals surface area (Å²) in [6.07, 6.45) is 2.54. The van der Waals surface area contributed by atoms with Gasteiger partial charge in [-0.15, -0.1) is 0 Å². The second-order valence-corrected chi connectivity index (χ2v) is 4.98. The minimum atomic E-state index is 0.282. The van der Waals surface area contributed by atoms with Crippen LogP contribution in [0.4, 0.5) is 5.69 Å². The summed E-state index contributed by atoms with van der Waals surface area (Å²) in [4.78, 5) is 2.44. The molecule has 0 aliphatic carbocycles. The average Bonchev–Trinajstić information content (AvgIpc) is 2.45. The summed E-state index contributed by atoms with van der Waals surface area (Å²) in [6.45, 7) is 5.73. The molecule has 0 spiro atoms. The quantitative estimate of drug-likeness (QED) is 0.682. The molecule has 14 heavy (non-hydrogen) atoms. The fourth-order valence-electron chi connectivity index (χ4n) is 2.23. The molecule has 1 nitrogen and oxygen atoms in total. The molecular formula is C12H16ClN. The number of nitrogens with zero attached hydrogens (tertiary/aromatic N) is 1. The third kappa shape index (κ3) is 1.74. The molecule has 76 valence electrons. The van der Waals surface area contributed by atoms with Gasteiger partial charge in [0.25, 0.3) is 0 Å². The summed E-state index contributed by atoms with van der Waals surface area (Å²) in [7, 11) is 0. The van der Waals surface area contributed by atoms with Gasteiger partial charge >= 0.3 is 0 Å². The van der Waals surface area contributed by atoms with Crippen LogP contribution in [0.15, 0.2) is 24.3 Å². The summed E-state index contributed by atoms with van der Waals surface area (Å²) >= 11 is 5.99. The Hall–Kier alpha value is -0.690. The third-order valence-electron chi connectivity index (χ3n) is 3.02. The standard InChI is InChI=1S/C12H16ClN/c1-12(2)7-4-8-14(12)11-6-3-5-10(13)9-11/h3,5-6,9H,4,7-8H2,1-2H3. The smallest absolute Gasteiger partial charge is 0.0426 e. The molecule has 1 aromatic carbocycles. The van der Waals surface area contributed by atoms with Gasteiger partial charge in [0, 0.05) is 22.8 Å². The van der Waals surface area contributed by atoms with Gasteiger partial charge in [0.05, 0.1) is 0 Å². The summed E-state index contributed by atoms with van der Waals surface area (Å²) in [6, 6.07) is 8.13. The average molecular weight is 210 g/mol. The lowest BCUT2D eigenvalue weighted by atomic mass is 10.0. The molecule has 0 atom stereocenters. The highest BCUT2D eigenvalue weighted by molar-refractivity contribution is 6.30. The van der Waals surface area contributed by atoms with Crippen molar-refractivity contribution in [2.75, 3.05) is 11.4 Å². The van der Waals surface area contributed by atoms with Crippen LogP contribution in [0, 0.1) is 0 Å². The first-order valence-corrected chi connectivity index (χ1v) is 5.51. The van der Waals surface area contributed by atoms with E-state index in [1.54, 1.807) is 0 Å². The number of hydrogen-bond acceptors (Lipinski definition) is 1. The Bertz CT molecular complexity index is 333. The van der Waals surface area contributed by atoms with E-state index >= 15 is 0 Å². The van der Waals surface area contributed by atoms with Gasteiger partial charge in [-0.1, -0.05) is 17.7 Å². The lowest BCUT2D eigenvalue weighted by Gasteiger charge is -2.33. The second kappa shape index (κ2) is 3.47. The molecule has 0 unspecified atom stereocenters. The molecule has 1 fully saturated rings. The van der Waals surface area contributed by atoms with Crippen molar-refractivity contribution in [3.63, 3.8) is 0 Å². The molecule has 0 radical (unpaired) electrons. The monoisotopic (exact) mass is 209 g/mol. The Morgan fingerprint density at radius 2 is 2.14 bits per heavy atom. The molecule has 1 heterocycles. The zero-order chi connectivity index (χ0) is 10.2. The molecule has 0 bridgehead atoms. The summed E-state index contributed by atoms with van der Waals surface area (Å²) in [5.74, 6) is 0. The minimum absolute atomic E-state index is 0.282. The van der Waals surface area contributed by atoms with E-state index in [2.05, 4.69) is 30.9 Å². The van der Waals surface area contributed by atoms with Gasteiger partial charge < -0.3 is 4.90 Å². The molecule has 1 aromatic rings. The third-order valence-corrected chi connectivity index (χ3v) is 3.26. The van der Waals surface area contributed by atoms with Gasteiger partial charge in [-0.2, -0.15) is 0 Å². The predicted molar refractivity (Wildman–Crippen MR) is 62.1 cm³/mol. The highest BCUT2D eigenvalue weighted by Crippen LogP contribution is 2.34. The first-order chi connectivity index (χ1) is 6.59. The van der Waals surface area contributed by atoms with Crippen LogP contribution in [0.25, 0.3) is 0 Å². The van der Waals surface area contributed by atoms with E-state index in [9.17, 15) is 0 Å². The second-order valence-electron chi connectivity index (χ2n) is 4.55. The van der Waals surface area contributed by atoms with E-state index in [4.69, 9.17) is 11.6 Å². The van der Waals surface area contributed by atoms with Crippen LogP contribution >= 0.6 is 11.6 Å². The van der Waals surface area contributed by atoms with Gasteiger partial charge in [0.1, 0.15) is 0 Å². The lowest BCUT2D eigenvalue weighted by molar-refractivity contribution is 0.518. The van der Waals surface area contributed by atoms with Crippen LogP contribution in [-0.2, 0) is 0 Å². The van der Waals surface area contributed by atoms with Crippen molar-refractivity contribution < 1.29 is 0 Å². The lowest BCUT2D eigenvalue weighted by Crippen LogP contribution is -2.38. The van der Waals surface area contributed by atoms with Gasteiger partial charge in [-0.25, -0.2) is 0 Å². The molecule has 1 aliphatic rings. The van der Waals surface area contributed by atoms with Crippen molar-refractivity contribution in [1.82, 2.24) is 0 Å². The van der Waals surface area contributed by atoms with Crippen LogP contribution < -0.4 is 4.90 Å². The Morgan fingerprint density at radius 3 is 2.71 bits per heavy atom. The Kier molecular flexibility index (Phi) is 2.44. The molecule has 1 aliphatic heterocycles. The van der Waals surface area contributed by atoms with Crippen LogP contribution in [0.1, 0.15) is 26.7 Å². The van der Waals surface area contributed by atoms with E-state index < -0.39 is 0 Å². The zero-order valence-electron chi connectivity index (χ0n) is 8.76. The van der Waals surface area contributed by atoms with E-state index in [-0.39, 0.29) is 5.54 Å². The topological polar surface area (TPSA) is 3.24 Å². The Balaban J connectivity index is 2.31. The number of benzene rings is 1. The van der Waals surface area contributed by atoms with E-state index in [1.165, 1.54) is 18.5 Å². The molecule has 0 amide bonds. The number of hydrogen-bond donors (Lipinski definition) is 0. The van der Waals surface area contributed by atoms with Gasteiger partial charge in [0.2, 0.25) is 0 Å². The number of rotatable bonds is 1. The van der Waals surface area contributed by atoms with Crippen molar-refractivity contribution in [1.29, 1.82) is 0 Å².